The van der Waals surface area contributed by atoms with E-state index < -0.39 is 0 Å². The molecule has 2 nitrogen and oxygen atoms in total. The van der Waals surface area contributed by atoms with Gasteiger partial charge in [0.25, 0.3) is 0 Å². The Morgan fingerprint density at radius 2 is 0.639 bits per heavy atom. The molecule has 214 valence electrons. The molecule has 0 amide bonds. The van der Waals surface area contributed by atoms with Crippen LogP contribution < -0.4 is 0 Å². The van der Waals surface area contributed by atoms with E-state index in [2.05, 4.69) is 43.0 Å². The highest BCUT2D eigenvalue weighted by molar-refractivity contribution is 4.97. The van der Waals surface area contributed by atoms with Gasteiger partial charge in [-0.2, -0.15) is 0 Å². The van der Waals surface area contributed by atoms with E-state index in [1.165, 1.54) is 180 Å². The Morgan fingerprint density at radius 3 is 1.00 bits per heavy atom. The minimum Gasteiger partial charge on any atom is -0.356 e. The zero-order chi connectivity index (χ0) is 25.9. The van der Waals surface area contributed by atoms with E-state index in [0.29, 0.717) is 6.17 Å². The first-order chi connectivity index (χ1) is 17.8. The minimum absolute atomic E-state index is 0.643. The van der Waals surface area contributed by atoms with Crippen molar-refractivity contribution in [3.05, 3.63) is 12.4 Å². The summed E-state index contributed by atoms with van der Waals surface area (Å²) in [4.78, 5) is 5.37. The van der Waals surface area contributed by atoms with Gasteiger partial charge in [-0.05, 0) is 25.7 Å². The van der Waals surface area contributed by atoms with Crippen LogP contribution in [0.25, 0.3) is 0 Å². The summed E-state index contributed by atoms with van der Waals surface area (Å²) in [6, 6.07) is 0. The van der Waals surface area contributed by atoms with E-state index in [4.69, 9.17) is 0 Å². The number of hydrogen-bond acceptors (Lipinski definition) is 2. The SMILES string of the molecule is CCCCCCCCCCCCCCCCC1N(CCCCCC)C=CN1CCCCCCCCC. The summed E-state index contributed by atoms with van der Waals surface area (Å²) >= 11 is 0. The van der Waals surface area contributed by atoms with Crippen LogP contribution in [0.3, 0.4) is 0 Å². The lowest BCUT2D eigenvalue weighted by Gasteiger charge is -2.33. The average Bonchev–Trinajstić information content (AvgIpc) is 3.27. The van der Waals surface area contributed by atoms with Gasteiger partial charge in [0.2, 0.25) is 0 Å². The summed E-state index contributed by atoms with van der Waals surface area (Å²) in [5, 5.41) is 0. The number of unbranched alkanes of at least 4 members (excludes halogenated alkanes) is 22. The summed E-state index contributed by atoms with van der Waals surface area (Å²) in [5.41, 5.74) is 0. The standard InChI is InChI=1S/C34H68N2/c1-4-7-10-13-15-16-17-18-19-20-21-22-24-26-29-34-35(30-27-12-9-6-3)32-33-36(34)31-28-25-23-14-11-8-5-2/h32-34H,4-31H2,1-3H3. The fraction of sp³-hybridized carbons (Fsp3) is 0.941. The largest absolute Gasteiger partial charge is 0.356 e. The smallest absolute Gasteiger partial charge is 0.101 e. The number of hydrogen-bond donors (Lipinski definition) is 0. The molecular weight excluding hydrogens is 436 g/mol. The Balaban J connectivity index is 2.14. The van der Waals surface area contributed by atoms with Crippen LogP contribution in [0.4, 0.5) is 0 Å². The second-order valence-electron chi connectivity index (χ2n) is 11.8. The van der Waals surface area contributed by atoms with Crippen molar-refractivity contribution in [1.82, 2.24) is 9.80 Å². The van der Waals surface area contributed by atoms with Gasteiger partial charge in [-0.15, -0.1) is 0 Å². The Kier molecular flexibility index (Phi) is 24.1. The molecule has 2 heteroatoms. The van der Waals surface area contributed by atoms with Crippen molar-refractivity contribution in [2.45, 2.75) is 194 Å². The Morgan fingerprint density at radius 1 is 0.361 bits per heavy atom. The summed E-state index contributed by atoms with van der Waals surface area (Å²) < 4.78 is 0. The lowest BCUT2D eigenvalue weighted by molar-refractivity contribution is 0.135. The first kappa shape index (κ1) is 33.4. The predicted molar refractivity (Wildman–Crippen MR) is 163 cm³/mol. The third kappa shape index (κ3) is 18.6. The molecule has 1 rings (SSSR count). The number of rotatable bonds is 28. The molecule has 1 atom stereocenters. The maximum atomic E-state index is 2.69. The Bertz CT molecular complexity index is 460. The lowest BCUT2D eigenvalue weighted by Crippen LogP contribution is -2.39. The van der Waals surface area contributed by atoms with Crippen LogP contribution in [-0.2, 0) is 0 Å². The van der Waals surface area contributed by atoms with Gasteiger partial charge < -0.3 is 9.80 Å². The molecule has 1 heterocycles. The van der Waals surface area contributed by atoms with Crippen LogP contribution >= 0.6 is 0 Å². The van der Waals surface area contributed by atoms with Gasteiger partial charge >= 0.3 is 0 Å². The van der Waals surface area contributed by atoms with Crippen LogP contribution in [0.1, 0.15) is 188 Å². The van der Waals surface area contributed by atoms with E-state index in [1.807, 2.05) is 0 Å². The third-order valence-electron chi connectivity index (χ3n) is 8.32. The highest BCUT2D eigenvalue weighted by Crippen LogP contribution is 2.24. The van der Waals surface area contributed by atoms with Crippen LogP contribution in [0.2, 0.25) is 0 Å². The molecule has 1 aliphatic rings. The molecule has 0 saturated heterocycles. The first-order valence-electron chi connectivity index (χ1n) is 17.0. The van der Waals surface area contributed by atoms with E-state index >= 15 is 0 Å². The molecule has 0 spiro atoms. The van der Waals surface area contributed by atoms with Crippen molar-refractivity contribution >= 4 is 0 Å². The quantitative estimate of drug-likeness (QED) is 0.0977. The molecule has 0 aromatic heterocycles. The van der Waals surface area contributed by atoms with Crippen molar-refractivity contribution in [3.8, 4) is 0 Å². The molecule has 1 aliphatic heterocycles. The molecule has 0 aliphatic carbocycles. The van der Waals surface area contributed by atoms with E-state index in [-0.39, 0.29) is 0 Å². The highest BCUT2D eigenvalue weighted by atomic mass is 15.4. The van der Waals surface area contributed by atoms with E-state index in [1.54, 1.807) is 0 Å². The first-order valence-corrected chi connectivity index (χ1v) is 17.0. The summed E-state index contributed by atoms with van der Waals surface area (Å²) in [6.07, 6.45) is 42.5. The second-order valence-corrected chi connectivity index (χ2v) is 11.8. The maximum Gasteiger partial charge on any atom is 0.101 e. The van der Waals surface area contributed by atoms with Gasteiger partial charge in [-0.25, -0.2) is 0 Å². The van der Waals surface area contributed by atoms with Crippen molar-refractivity contribution in [3.63, 3.8) is 0 Å². The fourth-order valence-electron chi connectivity index (χ4n) is 5.83. The fourth-order valence-corrected chi connectivity index (χ4v) is 5.83. The topological polar surface area (TPSA) is 6.48 Å². The predicted octanol–water partition coefficient (Wildman–Crippen LogP) is 11.6. The van der Waals surface area contributed by atoms with E-state index in [0.717, 1.165) is 0 Å². The van der Waals surface area contributed by atoms with Gasteiger partial charge in [0.15, 0.2) is 0 Å². The normalized spacial score (nSPS) is 15.5. The molecule has 0 N–H and O–H groups in total. The van der Waals surface area contributed by atoms with Crippen LogP contribution in [0, 0.1) is 0 Å². The molecule has 1 unspecified atom stereocenters. The van der Waals surface area contributed by atoms with Gasteiger partial charge in [-0.3, -0.25) is 0 Å². The van der Waals surface area contributed by atoms with Crippen LogP contribution in [0.5, 0.6) is 0 Å². The Labute approximate surface area is 229 Å². The Hall–Kier alpha value is -0.660. The second kappa shape index (κ2) is 26.0. The van der Waals surface area contributed by atoms with Crippen molar-refractivity contribution in [2.75, 3.05) is 13.1 Å². The minimum atomic E-state index is 0.643. The van der Waals surface area contributed by atoms with Gasteiger partial charge in [0.05, 0.1) is 0 Å². The molecule has 0 radical (unpaired) electrons. The van der Waals surface area contributed by atoms with E-state index in [9.17, 15) is 0 Å². The average molecular weight is 505 g/mol. The zero-order valence-corrected chi connectivity index (χ0v) is 25.4. The summed E-state index contributed by atoms with van der Waals surface area (Å²) in [7, 11) is 0. The lowest BCUT2D eigenvalue weighted by atomic mass is 10.0. The van der Waals surface area contributed by atoms with Crippen molar-refractivity contribution < 1.29 is 0 Å². The molecule has 0 saturated carbocycles. The summed E-state index contributed by atoms with van der Waals surface area (Å²) in [5.74, 6) is 0. The van der Waals surface area contributed by atoms with Gasteiger partial charge in [0.1, 0.15) is 6.17 Å². The maximum absolute atomic E-state index is 2.69. The van der Waals surface area contributed by atoms with Crippen molar-refractivity contribution in [1.29, 1.82) is 0 Å². The van der Waals surface area contributed by atoms with Crippen molar-refractivity contribution in [2.24, 2.45) is 0 Å². The van der Waals surface area contributed by atoms with Gasteiger partial charge in [-0.1, -0.05) is 162 Å². The van der Waals surface area contributed by atoms with Crippen LogP contribution in [-0.4, -0.2) is 29.1 Å². The molecule has 0 bridgehead atoms. The molecule has 0 aromatic rings. The third-order valence-corrected chi connectivity index (χ3v) is 8.32. The molecule has 36 heavy (non-hydrogen) atoms. The van der Waals surface area contributed by atoms with Gasteiger partial charge in [0, 0.05) is 25.5 Å². The molecule has 0 aromatic carbocycles. The summed E-state index contributed by atoms with van der Waals surface area (Å²) in [6.45, 7) is 9.46. The zero-order valence-electron chi connectivity index (χ0n) is 25.4. The number of nitrogens with zero attached hydrogens (tertiary/aromatic N) is 2. The monoisotopic (exact) mass is 505 g/mol. The highest BCUT2D eigenvalue weighted by Gasteiger charge is 2.24. The molecular formula is C34H68N2. The molecule has 0 fully saturated rings. The van der Waals surface area contributed by atoms with Crippen LogP contribution in [0.15, 0.2) is 12.4 Å².